The molecule has 0 aliphatic carbocycles. The molecule has 0 radical (unpaired) electrons. The van der Waals surface area contributed by atoms with E-state index in [9.17, 15) is 18.3 Å². The average Bonchev–Trinajstić information content (AvgIpc) is 2.24. The van der Waals surface area contributed by atoms with Gasteiger partial charge < -0.3 is 10.8 Å². The van der Waals surface area contributed by atoms with Gasteiger partial charge in [0.2, 0.25) is 0 Å². The van der Waals surface area contributed by atoms with Crippen LogP contribution in [0.25, 0.3) is 0 Å². The van der Waals surface area contributed by atoms with E-state index >= 15 is 0 Å². The van der Waals surface area contributed by atoms with E-state index in [4.69, 9.17) is 17.3 Å². The lowest BCUT2D eigenvalue weighted by Crippen LogP contribution is -2.37. The Balaban J connectivity index is 3.23. The molecule has 108 valence electrons. The molecule has 0 amide bonds. The zero-order chi connectivity index (χ0) is 15.0. The molecule has 0 heterocycles. The van der Waals surface area contributed by atoms with E-state index in [2.05, 4.69) is 0 Å². The molecular formula is C13H17ClF3NO. The number of rotatable bonds is 2. The molecule has 0 aromatic heterocycles. The molecule has 1 aromatic rings. The first-order valence-electron chi connectivity index (χ1n) is 5.75. The van der Waals surface area contributed by atoms with Crippen LogP contribution in [0.2, 0.25) is 5.02 Å². The van der Waals surface area contributed by atoms with Crippen molar-refractivity contribution in [2.75, 3.05) is 0 Å². The third-order valence-electron chi connectivity index (χ3n) is 2.92. The Labute approximate surface area is 115 Å². The van der Waals surface area contributed by atoms with Crippen molar-refractivity contribution in [2.45, 2.75) is 39.1 Å². The number of nitrogens with two attached hydrogens (primary N) is 1. The van der Waals surface area contributed by atoms with Gasteiger partial charge >= 0.3 is 6.18 Å². The smallest absolute Gasteiger partial charge is 0.391 e. The topological polar surface area (TPSA) is 46.2 Å². The molecule has 2 nitrogen and oxygen atoms in total. The molecule has 0 aliphatic heterocycles. The molecule has 6 heteroatoms. The van der Waals surface area contributed by atoms with Crippen molar-refractivity contribution in [2.24, 2.45) is 11.1 Å². The van der Waals surface area contributed by atoms with Crippen molar-refractivity contribution in [3.05, 3.63) is 34.3 Å². The van der Waals surface area contributed by atoms with Gasteiger partial charge in [-0.2, -0.15) is 13.2 Å². The Kier molecular flexibility index (Phi) is 4.55. The van der Waals surface area contributed by atoms with E-state index in [0.29, 0.717) is 0 Å². The fraction of sp³-hybridized carbons (Fsp3) is 0.538. The van der Waals surface area contributed by atoms with Crippen LogP contribution in [0.15, 0.2) is 18.2 Å². The minimum Gasteiger partial charge on any atom is -0.391 e. The van der Waals surface area contributed by atoms with E-state index in [1.54, 1.807) is 20.8 Å². The summed E-state index contributed by atoms with van der Waals surface area (Å²) in [5.41, 5.74) is 4.43. The van der Waals surface area contributed by atoms with Gasteiger partial charge in [0, 0.05) is 0 Å². The number of aliphatic hydroxyl groups excluding tert-OH is 1. The summed E-state index contributed by atoms with van der Waals surface area (Å²) < 4.78 is 38.2. The van der Waals surface area contributed by atoms with Gasteiger partial charge in [-0.05, 0) is 17.0 Å². The molecule has 0 saturated heterocycles. The number of hydrogen-bond acceptors (Lipinski definition) is 2. The first-order chi connectivity index (χ1) is 8.46. The molecule has 3 N–H and O–H groups in total. The summed E-state index contributed by atoms with van der Waals surface area (Å²) in [6, 6.07) is 2.55. The number of benzene rings is 1. The van der Waals surface area contributed by atoms with Gasteiger partial charge in [0.25, 0.3) is 0 Å². The Morgan fingerprint density at radius 1 is 1.21 bits per heavy atom. The second-order valence-electron chi connectivity index (χ2n) is 5.54. The molecule has 0 saturated carbocycles. The summed E-state index contributed by atoms with van der Waals surface area (Å²) in [5, 5.41) is 9.61. The highest BCUT2D eigenvalue weighted by atomic mass is 35.5. The summed E-state index contributed by atoms with van der Waals surface area (Å²) in [6.45, 7) is 5.25. The molecule has 19 heavy (non-hydrogen) atoms. The van der Waals surface area contributed by atoms with Crippen LogP contribution in [0.3, 0.4) is 0 Å². The van der Waals surface area contributed by atoms with Gasteiger partial charge in [-0.25, -0.2) is 0 Å². The lowest BCUT2D eigenvalue weighted by atomic mass is 9.82. The van der Waals surface area contributed by atoms with Crippen LogP contribution in [0.5, 0.6) is 0 Å². The molecular weight excluding hydrogens is 279 g/mol. The maximum absolute atomic E-state index is 12.7. The van der Waals surface area contributed by atoms with Crippen LogP contribution in [0.1, 0.15) is 37.9 Å². The van der Waals surface area contributed by atoms with Crippen LogP contribution in [0.4, 0.5) is 13.2 Å². The average molecular weight is 296 g/mol. The van der Waals surface area contributed by atoms with E-state index in [1.165, 1.54) is 12.1 Å². The van der Waals surface area contributed by atoms with Gasteiger partial charge in [0.05, 0.1) is 22.7 Å². The van der Waals surface area contributed by atoms with E-state index < -0.39 is 34.3 Å². The van der Waals surface area contributed by atoms with Crippen molar-refractivity contribution in [3.8, 4) is 0 Å². The van der Waals surface area contributed by atoms with Crippen molar-refractivity contribution < 1.29 is 18.3 Å². The third-order valence-corrected chi connectivity index (χ3v) is 3.34. The minimum absolute atomic E-state index is 0.0962. The molecule has 2 atom stereocenters. The minimum atomic E-state index is -4.54. The number of alkyl halides is 3. The second kappa shape index (κ2) is 5.31. The quantitative estimate of drug-likeness (QED) is 0.872. The van der Waals surface area contributed by atoms with Gasteiger partial charge in [-0.3, -0.25) is 0 Å². The predicted octanol–water partition coefficient (Wildman–Crippen LogP) is 3.77. The monoisotopic (exact) mass is 295 g/mol. The Morgan fingerprint density at radius 3 is 2.16 bits per heavy atom. The predicted molar refractivity (Wildman–Crippen MR) is 68.8 cm³/mol. The van der Waals surface area contributed by atoms with E-state index in [1.807, 2.05) is 0 Å². The normalized spacial score (nSPS) is 16.3. The largest absolute Gasteiger partial charge is 0.417 e. The Morgan fingerprint density at radius 2 is 1.74 bits per heavy atom. The Hall–Kier alpha value is -0.780. The summed E-state index contributed by atoms with van der Waals surface area (Å²) in [6.07, 6.45) is -5.55. The zero-order valence-corrected chi connectivity index (χ0v) is 11.7. The summed E-state index contributed by atoms with van der Waals surface area (Å²) in [5.74, 6) is 0. The summed E-state index contributed by atoms with van der Waals surface area (Å²) in [7, 11) is 0. The summed E-state index contributed by atoms with van der Waals surface area (Å²) in [4.78, 5) is 0. The Bertz CT molecular complexity index is 454. The van der Waals surface area contributed by atoms with Crippen molar-refractivity contribution in [3.63, 3.8) is 0 Å². The zero-order valence-electron chi connectivity index (χ0n) is 10.9. The van der Waals surface area contributed by atoms with Crippen LogP contribution in [-0.2, 0) is 6.18 Å². The first kappa shape index (κ1) is 16.3. The van der Waals surface area contributed by atoms with E-state index in [0.717, 1.165) is 6.07 Å². The molecule has 1 aromatic carbocycles. The highest BCUT2D eigenvalue weighted by Crippen LogP contribution is 2.39. The summed E-state index contributed by atoms with van der Waals surface area (Å²) >= 11 is 5.77. The molecule has 0 fully saturated rings. The molecule has 1 rings (SSSR count). The maximum atomic E-state index is 12.7. The van der Waals surface area contributed by atoms with Gasteiger partial charge in [-0.1, -0.05) is 44.5 Å². The highest BCUT2D eigenvalue weighted by molar-refractivity contribution is 6.32. The first-order valence-corrected chi connectivity index (χ1v) is 6.13. The lowest BCUT2D eigenvalue weighted by Gasteiger charge is -2.31. The third kappa shape index (κ3) is 3.61. The van der Waals surface area contributed by atoms with Crippen LogP contribution >= 0.6 is 11.6 Å². The molecule has 0 unspecified atom stereocenters. The van der Waals surface area contributed by atoms with Crippen LogP contribution < -0.4 is 5.73 Å². The van der Waals surface area contributed by atoms with Gasteiger partial charge in [0.15, 0.2) is 0 Å². The maximum Gasteiger partial charge on any atom is 0.417 e. The van der Waals surface area contributed by atoms with Crippen molar-refractivity contribution in [1.29, 1.82) is 0 Å². The van der Waals surface area contributed by atoms with Crippen LogP contribution in [-0.4, -0.2) is 11.2 Å². The highest BCUT2D eigenvalue weighted by Gasteiger charge is 2.36. The number of halogens is 4. The molecule has 0 spiro atoms. The van der Waals surface area contributed by atoms with Gasteiger partial charge in [-0.15, -0.1) is 0 Å². The van der Waals surface area contributed by atoms with Crippen molar-refractivity contribution in [1.82, 2.24) is 0 Å². The molecule has 0 aliphatic rings. The van der Waals surface area contributed by atoms with Crippen LogP contribution in [0, 0.1) is 5.41 Å². The number of aliphatic hydroxyl groups is 1. The van der Waals surface area contributed by atoms with Gasteiger partial charge in [0.1, 0.15) is 0 Å². The van der Waals surface area contributed by atoms with Crippen molar-refractivity contribution >= 4 is 11.6 Å². The standard InChI is InChI=1S/C13H17ClF3NO/c1-12(2,3)11(19)10(18)7-5-4-6-8(9(7)14)13(15,16)17/h4-6,10-11,19H,18H2,1-3H3/t10-,11-/m1/s1. The fourth-order valence-corrected chi connectivity index (χ4v) is 2.09. The number of hydrogen-bond donors (Lipinski definition) is 2. The second-order valence-corrected chi connectivity index (χ2v) is 5.92. The SMILES string of the molecule is CC(C)(C)[C@H](O)[C@H](N)c1cccc(C(F)(F)F)c1Cl. The molecule has 0 bridgehead atoms. The fourth-order valence-electron chi connectivity index (χ4n) is 1.73. The van der Waals surface area contributed by atoms with E-state index in [-0.39, 0.29) is 5.56 Å². The lowest BCUT2D eigenvalue weighted by molar-refractivity contribution is -0.137.